The third kappa shape index (κ3) is 3.08. The smallest absolute Gasteiger partial charge is 0.265 e. The predicted octanol–water partition coefficient (Wildman–Crippen LogP) is 3.23. The molecule has 6 heteroatoms. The first kappa shape index (κ1) is 12.6. The molecular formula is C11H11BrO4S. The van der Waals surface area contributed by atoms with Gasteiger partial charge in [0.25, 0.3) is 10.1 Å². The first-order valence-electron chi connectivity index (χ1n) is 4.92. The summed E-state index contributed by atoms with van der Waals surface area (Å²) in [7, 11) is -3.49. The third-order valence-corrected chi connectivity index (χ3v) is 3.35. The van der Waals surface area contributed by atoms with E-state index in [1.165, 1.54) is 0 Å². The van der Waals surface area contributed by atoms with Crippen molar-refractivity contribution in [3.05, 3.63) is 34.5 Å². The summed E-state index contributed by atoms with van der Waals surface area (Å²) in [5.74, 6) is 0.489. The van der Waals surface area contributed by atoms with Gasteiger partial charge < -0.3 is 4.42 Å². The molecule has 0 amide bonds. The van der Waals surface area contributed by atoms with Gasteiger partial charge in [0, 0.05) is 9.86 Å². The quantitative estimate of drug-likeness (QED) is 0.815. The lowest BCUT2D eigenvalue weighted by Gasteiger charge is -2.06. The van der Waals surface area contributed by atoms with E-state index in [0.717, 1.165) is 16.1 Å². The van der Waals surface area contributed by atoms with E-state index in [2.05, 4.69) is 15.9 Å². The number of furan rings is 1. The van der Waals surface area contributed by atoms with Crippen molar-refractivity contribution >= 4 is 37.0 Å². The number of benzene rings is 1. The van der Waals surface area contributed by atoms with E-state index >= 15 is 0 Å². The maximum absolute atomic E-state index is 11.0. The van der Waals surface area contributed by atoms with Gasteiger partial charge in [-0.25, -0.2) is 0 Å². The van der Waals surface area contributed by atoms with Gasteiger partial charge in [0.2, 0.25) is 0 Å². The molecule has 1 heterocycles. The van der Waals surface area contributed by atoms with Crippen molar-refractivity contribution in [2.45, 2.75) is 13.0 Å². The van der Waals surface area contributed by atoms with E-state index in [-0.39, 0.29) is 0 Å². The average Bonchev–Trinajstić information content (AvgIpc) is 2.57. The summed E-state index contributed by atoms with van der Waals surface area (Å²) >= 11 is 3.36. The van der Waals surface area contributed by atoms with Crippen LogP contribution in [0.15, 0.2) is 33.2 Å². The van der Waals surface area contributed by atoms with Crippen LogP contribution in [0.5, 0.6) is 0 Å². The van der Waals surface area contributed by atoms with Gasteiger partial charge in [-0.05, 0) is 31.2 Å². The van der Waals surface area contributed by atoms with Gasteiger partial charge in [0.05, 0.1) is 6.26 Å². The fourth-order valence-corrected chi connectivity index (χ4v) is 2.54. The zero-order chi connectivity index (χ0) is 12.6. The number of hydrogen-bond acceptors (Lipinski definition) is 4. The molecule has 92 valence electrons. The summed E-state index contributed by atoms with van der Waals surface area (Å²) < 4.78 is 33.3. The Bertz CT molecular complexity index is 645. The van der Waals surface area contributed by atoms with Crippen LogP contribution in [0.3, 0.4) is 0 Å². The summed E-state index contributed by atoms with van der Waals surface area (Å²) in [5.41, 5.74) is 0.701. The molecule has 0 aliphatic heterocycles. The first-order valence-corrected chi connectivity index (χ1v) is 7.53. The number of fused-ring (bicyclic) bond motifs is 1. The van der Waals surface area contributed by atoms with Crippen LogP contribution < -0.4 is 0 Å². The average molecular weight is 319 g/mol. The molecule has 0 radical (unpaired) electrons. The molecular weight excluding hydrogens is 308 g/mol. The normalized spacial score (nSPS) is 14.1. The Morgan fingerprint density at radius 1 is 1.35 bits per heavy atom. The largest absolute Gasteiger partial charge is 0.458 e. The summed E-state index contributed by atoms with van der Waals surface area (Å²) in [5, 5.41) is 0.901. The molecule has 1 atom stereocenters. The summed E-state index contributed by atoms with van der Waals surface area (Å²) in [6.07, 6.45) is 0.388. The Balaban J connectivity index is 2.36. The highest BCUT2D eigenvalue weighted by Gasteiger charge is 2.16. The van der Waals surface area contributed by atoms with Crippen LogP contribution >= 0.6 is 15.9 Å². The Labute approximate surface area is 108 Å². The third-order valence-electron chi connectivity index (χ3n) is 2.22. The molecule has 1 unspecified atom stereocenters. The van der Waals surface area contributed by atoms with Gasteiger partial charge in [-0.3, -0.25) is 4.18 Å². The maximum atomic E-state index is 11.0. The minimum absolute atomic E-state index is 0.489. The minimum Gasteiger partial charge on any atom is -0.458 e. The van der Waals surface area contributed by atoms with Crippen LogP contribution in [0.1, 0.15) is 18.8 Å². The van der Waals surface area contributed by atoms with Gasteiger partial charge in [0.15, 0.2) is 0 Å². The standard InChI is InChI=1S/C11H11BrO4S/c1-7(16-17(2,13)14)11-6-8-5-9(12)3-4-10(8)15-11/h3-7H,1-2H3. The van der Waals surface area contributed by atoms with Crippen LogP contribution in [-0.4, -0.2) is 14.7 Å². The van der Waals surface area contributed by atoms with E-state index in [1.807, 2.05) is 18.2 Å². The molecule has 0 aliphatic carbocycles. The second-order valence-electron chi connectivity index (χ2n) is 3.77. The Kier molecular flexibility index (Phi) is 3.29. The highest BCUT2D eigenvalue weighted by atomic mass is 79.9. The van der Waals surface area contributed by atoms with Gasteiger partial charge in [-0.2, -0.15) is 8.42 Å². The summed E-state index contributed by atoms with van der Waals surface area (Å²) in [4.78, 5) is 0. The molecule has 1 aromatic carbocycles. The van der Waals surface area contributed by atoms with Crippen LogP contribution in [0, 0.1) is 0 Å². The Morgan fingerprint density at radius 3 is 2.71 bits per heavy atom. The fourth-order valence-electron chi connectivity index (χ4n) is 1.54. The second kappa shape index (κ2) is 4.44. The van der Waals surface area contributed by atoms with Gasteiger partial charge in [0.1, 0.15) is 17.4 Å². The van der Waals surface area contributed by atoms with Crippen molar-refractivity contribution in [2.24, 2.45) is 0 Å². The van der Waals surface area contributed by atoms with Crippen molar-refractivity contribution in [3.8, 4) is 0 Å². The highest BCUT2D eigenvalue weighted by molar-refractivity contribution is 9.10. The molecule has 2 aromatic rings. The molecule has 2 rings (SSSR count). The zero-order valence-electron chi connectivity index (χ0n) is 9.31. The molecule has 0 saturated heterocycles. The first-order chi connectivity index (χ1) is 7.85. The molecule has 0 aliphatic rings. The summed E-state index contributed by atoms with van der Waals surface area (Å²) in [6, 6.07) is 7.35. The molecule has 17 heavy (non-hydrogen) atoms. The van der Waals surface area contributed by atoms with E-state index in [4.69, 9.17) is 8.60 Å². The molecule has 0 bridgehead atoms. The highest BCUT2D eigenvalue weighted by Crippen LogP contribution is 2.28. The Morgan fingerprint density at radius 2 is 2.06 bits per heavy atom. The summed E-state index contributed by atoms with van der Waals surface area (Å²) in [6.45, 7) is 1.63. The van der Waals surface area contributed by atoms with Crippen LogP contribution in [0.25, 0.3) is 11.0 Å². The van der Waals surface area contributed by atoms with Crippen molar-refractivity contribution in [1.29, 1.82) is 0 Å². The van der Waals surface area contributed by atoms with Crippen LogP contribution in [0.2, 0.25) is 0 Å². The topological polar surface area (TPSA) is 56.5 Å². The molecule has 0 saturated carbocycles. The second-order valence-corrected chi connectivity index (χ2v) is 6.29. The van der Waals surface area contributed by atoms with E-state index in [1.54, 1.807) is 13.0 Å². The van der Waals surface area contributed by atoms with Crippen LogP contribution in [-0.2, 0) is 14.3 Å². The van der Waals surface area contributed by atoms with Crippen molar-refractivity contribution < 1.29 is 17.0 Å². The molecule has 0 spiro atoms. The van der Waals surface area contributed by atoms with Gasteiger partial charge in [-0.15, -0.1) is 0 Å². The van der Waals surface area contributed by atoms with E-state index < -0.39 is 16.2 Å². The lowest BCUT2D eigenvalue weighted by atomic mass is 10.2. The van der Waals surface area contributed by atoms with Gasteiger partial charge in [-0.1, -0.05) is 15.9 Å². The number of rotatable bonds is 3. The fraction of sp³-hybridized carbons (Fsp3) is 0.273. The van der Waals surface area contributed by atoms with Crippen molar-refractivity contribution in [1.82, 2.24) is 0 Å². The van der Waals surface area contributed by atoms with Crippen molar-refractivity contribution in [3.63, 3.8) is 0 Å². The predicted molar refractivity (Wildman–Crippen MR) is 68.3 cm³/mol. The van der Waals surface area contributed by atoms with Crippen molar-refractivity contribution in [2.75, 3.05) is 6.26 Å². The SMILES string of the molecule is CC(OS(C)(=O)=O)c1cc2cc(Br)ccc2o1. The molecule has 1 aromatic heterocycles. The lowest BCUT2D eigenvalue weighted by Crippen LogP contribution is -2.06. The minimum atomic E-state index is -3.49. The molecule has 0 fully saturated rings. The number of hydrogen-bond donors (Lipinski definition) is 0. The molecule has 0 N–H and O–H groups in total. The maximum Gasteiger partial charge on any atom is 0.265 e. The monoisotopic (exact) mass is 318 g/mol. The van der Waals surface area contributed by atoms with E-state index in [0.29, 0.717) is 11.3 Å². The van der Waals surface area contributed by atoms with Crippen LogP contribution in [0.4, 0.5) is 0 Å². The molecule has 4 nitrogen and oxygen atoms in total. The Hall–Kier alpha value is -0.850. The number of halogens is 1. The lowest BCUT2D eigenvalue weighted by molar-refractivity contribution is 0.208. The van der Waals surface area contributed by atoms with E-state index in [9.17, 15) is 8.42 Å². The zero-order valence-corrected chi connectivity index (χ0v) is 11.7. The van der Waals surface area contributed by atoms with Gasteiger partial charge >= 0.3 is 0 Å².